The number of nitrogens with one attached hydrogen (secondary N) is 1. The summed E-state index contributed by atoms with van der Waals surface area (Å²) in [5, 5.41) is 12.2. The van der Waals surface area contributed by atoms with Crippen LogP contribution in [0.3, 0.4) is 0 Å². The minimum Gasteiger partial charge on any atom is -0.395 e. The Labute approximate surface area is 69.0 Å². The lowest BCUT2D eigenvalue weighted by Crippen LogP contribution is -2.25. The van der Waals surface area contributed by atoms with Crippen molar-refractivity contribution in [3.05, 3.63) is 0 Å². The number of aliphatic hydroxyl groups is 1. The van der Waals surface area contributed by atoms with Crippen LogP contribution < -0.4 is 5.32 Å². The molecule has 0 bridgehead atoms. The molecule has 1 fully saturated rings. The van der Waals surface area contributed by atoms with Crippen molar-refractivity contribution in [2.24, 2.45) is 11.3 Å². The van der Waals surface area contributed by atoms with E-state index in [-0.39, 0.29) is 6.61 Å². The Morgan fingerprint density at radius 3 is 2.36 bits per heavy atom. The molecule has 1 saturated heterocycles. The highest BCUT2D eigenvalue weighted by Crippen LogP contribution is 2.32. The lowest BCUT2D eigenvalue weighted by molar-refractivity contribution is 0.229. The summed E-state index contributed by atoms with van der Waals surface area (Å²) in [5.74, 6) is 0.722. The van der Waals surface area contributed by atoms with Crippen molar-refractivity contribution in [1.82, 2.24) is 5.32 Å². The summed E-state index contributed by atoms with van der Waals surface area (Å²) in [5.41, 5.74) is 0.386. The van der Waals surface area contributed by atoms with E-state index >= 15 is 0 Å². The first-order chi connectivity index (χ1) is 5.04. The topological polar surface area (TPSA) is 32.3 Å². The van der Waals surface area contributed by atoms with Gasteiger partial charge in [-0.05, 0) is 24.3 Å². The highest BCUT2D eigenvalue weighted by molar-refractivity contribution is 4.87. The molecule has 0 radical (unpaired) electrons. The Kier molecular flexibility index (Phi) is 2.55. The van der Waals surface area contributed by atoms with Crippen LogP contribution in [-0.2, 0) is 0 Å². The quantitative estimate of drug-likeness (QED) is 0.595. The van der Waals surface area contributed by atoms with Gasteiger partial charge >= 0.3 is 0 Å². The van der Waals surface area contributed by atoms with E-state index in [9.17, 15) is 0 Å². The molecule has 1 aliphatic rings. The van der Waals surface area contributed by atoms with Gasteiger partial charge in [-0.25, -0.2) is 0 Å². The molecule has 2 heteroatoms. The van der Waals surface area contributed by atoms with Gasteiger partial charge in [-0.3, -0.25) is 0 Å². The predicted octanol–water partition coefficient (Wildman–Crippen LogP) is 1.00. The standard InChI is InChI=1S/C9H19NO/c1-9(2,3)7-4-8(6-11)10-5-7/h7-8,10-11H,4-6H2,1-3H3. The van der Waals surface area contributed by atoms with E-state index in [0.29, 0.717) is 11.5 Å². The van der Waals surface area contributed by atoms with E-state index in [2.05, 4.69) is 26.1 Å². The molecule has 0 aliphatic carbocycles. The molecule has 0 spiro atoms. The number of hydrogen-bond donors (Lipinski definition) is 2. The molecule has 11 heavy (non-hydrogen) atoms. The van der Waals surface area contributed by atoms with E-state index in [4.69, 9.17) is 5.11 Å². The van der Waals surface area contributed by atoms with Crippen molar-refractivity contribution in [1.29, 1.82) is 0 Å². The van der Waals surface area contributed by atoms with Gasteiger partial charge in [0, 0.05) is 6.04 Å². The van der Waals surface area contributed by atoms with Gasteiger partial charge in [0.15, 0.2) is 0 Å². The molecule has 66 valence electrons. The summed E-state index contributed by atoms with van der Waals surface area (Å²) < 4.78 is 0. The second-order valence-corrected chi connectivity index (χ2v) is 4.59. The second kappa shape index (κ2) is 3.11. The van der Waals surface area contributed by atoms with Crippen molar-refractivity contribution >= 4 is 0 Å². The molecular formula is C9H19NO. The Hall–Kier alpha value is -0.0800. The van der Waals surface area contributed by atoms with Crippen LogP contribution in [0.25, 0.3) is 0 Å². The molecule has 2 nitrogen and oxygen atoms in total. The van der Waals surface area contributed by atoms with Gasteiger partial charge < -0.3 is 10.4 Å². The fraction of sp³-hybridized carbons (Fsp3) is 1.00. The second-order valence-electron chi connectivity index (χ2n) is 4.59. The monoisotopic (exact) mass is 157 g/mol. The van der Waals surface area contributed by atoms with Crippen LogP contribution in [0.15, 0.2) is 0 Å². The zero-order chi connectivity index (χ0) is 8.48. The predicted molar refractivity (Wildman–Crippen MR) is 46.4 cm³/mol. The van der Waals surface area contributed by atoms with Gasteiger partial charge in [0.2, 0.25) is 0 Å². The smallest absolute Gasteiger partial charge is 0.0584 e. The minimum atomic E-state index is 0.284. The van der Waals surface area contributed by atoms with E-state index in [0.717, 1.165) is 18.9 Å². The molecule has 0 saturated carbocycles. The lowest BCUT2D eigenvalue weighted by Gasteiger charge is -2.25. The SMILES string of the molecule is CC(C)(C)C1CNC(CO)C1. The van der Waals surface area contributed by atoms with E-state index in [1.165, 1.54) is 0 Å². The molecule has 0 aromatic carbocycles. The van der Waals surface area contributed by atoms with Crippen LogP contribution in [0.4, 0.5) is 0 Å². The van der Waals surface area contributed by atoms with Crippen LogP contribution in [0.1, 0.15) is 27.2 Å². The van der Waals surface area contributed by atoms with Crippen molar-refractivity contribution in [2.75, 3.05) is 13.2 Å². The molecule has 0 aromatic rings. The van der Waals surface area contributed by atoms with Gasteiger partial charge in [-0.1, -0.05) is 20.8 Å². The molecule has 0 amide bonds. The third kappa shape index (κ3) is 2.17. The maximum absolute atomic E-state index is 8.89. The minimum absolute atomic E-state index is 0.284. The number of rotatable bonds is 1. The zero-order valence-electron chi connectivity index (χ0n) is 7.72. The van der Waals surface area contributed by atoms with Crippen molar-refractivity contribution < 1.29 is 5.11 Å². The average Bonchev–Trinajstić information content (AvgIpc) is 2.32. The van der Waals surface area contributed by atoms with Crippen molar-refractivity contribution in [2.45, 2.75) is 33.2 Å². The first kappa shape index (κ1) is 9.01. The third-order valence-electron chi connectivity index (χ3n) is 2.67. The Bertz CT molecular complexity index is 128. The highest BCUT2D eigenvalue weighted by Gasteiger charge is 2.31. The highest BCUT2D eigenvalue weighted by atomic mass is 16.3. The van der Waals surface area contributed by atoms with Crippen molar-refractivity contribution in [3.63, 3.8) is 0 Å². The molecular weight excluding hydrogens is 138 g/mol. The fourth-order valence-electron chi connectivity index (χ4n) is 1.62. The fourth-order valence-corrected chi connectivity index (χ4v) is 1.62. The van der Waals surface area contributed by atoms with Crippen LogP contribution in [-0.4, -0.2) is 24.3 Å². The molecule has 2 unspecified atom stereocenters. The first-order valence-electron chi connectivity index (χ1n) is 4.38. The van der Waals surface area contributed by atoms with E-state index in [1.54, 1.807) is 0 Å². The van der Waals surface area contributed by atoms with Gasteiger partial charge in [0.05, 0.1) is 6.61 Å². The van der Waals surface area contributed by atoms with Crippen LogP contribution >= 0.6 is 0 Å². The molecule has 1 rings (SSSR count). The zero-order valence-corrected chi connectivity index (χ0v) is 7.72. The molecule has 2 atom stereocenters. The third-order valence-corrected chi connectivity index (χ3v) is 2.67. The Morgan fingerprint density at radius 1 is 1.45 bits per heavy atom. The Morgan fingerprint density at radius 2 is 2.09 bits per heavy atom. The largest absolute Gasteiger partial charge is 0.395 e. The van der Waals surface area contributed by atoms with Gasteiger partial charge in [0.25, 0.3) is 0 Å². The van der Waals surface area contributed by atoms with Gasteiger partial charge in [0.1, 0.15) is 0 Å². The average molecular weight is 157 g/mol. The summed E-state index contributed by atoms with van der Waals surface area (Å²) in [7, 11) is 0. The van der Waals surface area contributed by atoms with Crippen molar-refractivity contribution in [3.8, 4) is 0 Å². The first-order valence-corrected chi connectivity index (χ1v) is 4.38. The summed E-state index contributed by atoms with van der Waals surface area (Å²) in [4.78, 5) is 0. The molecule has 1 heterocycles. The summed E-state index contributed by atoms with van der Waals surface area (Å²) in [6.07, 6.45) is 1.12. The Balaban J connectivity index is 2.42. The lowest BCUT2D eigenvalue weighted by atomic mass is 9.79. The van der Waals surface area contributed by atoms with Crippen LogP contribution in [0.5, 0.6) is 0 Å². The summed E-state index contributed by atoms with van der Waals surface area (Å²) >= 11 is 0. The van der Waals surface area contributed by atoms with Gasteiger partial charge in [-0.2, -0.15) is 0 Å². The van der Waals surface area contributed by atoms with Gasteiger partial charge in [-0.15, -0.1) is 0 Å². The molecule has 2 N–H and O–H groups in total. The van der Waals surface area contributed by atoms with Crippen LogP contribution in [0.2, 0.25) is 0 Å². The van der Waals surface area contributed by atoms with E-state index < -0.39 is 0 Å². The van der Waals surface area contributed by atoms with E-state index in [1.807, 2.05) is 0 Å². The maximum Gasteiger partial charge on any atom is 0.0584 e. The molecule has 0 aromatic heterocycles. The maximum atomic E-state index is 8.89. The van der Waals surface area contributed by atoms with Crippen LogP contribution in [0, 0.1) is 11.3 Å². The number of hydrogen-bond acceptors (Lipinski definition) is 2. The summed E-state index contributed by atoms with van der Waals surface area (Å²) in [6, 6.07) is 0.347. The molecule has 1 aliphatic heterocycles. The summed E-state index contributed by atoms with van der Waals surface area (Å²) in [6.45, 7) is 8.14. The number of aliphatic hydroxyl groups excluding tert-OH is 1. The normalized spacial score (nSPS) is 32.7.